The summed E-state index contributed by atoms with van der Waals surface area (Å²) in [5, 5.41) is 10.3. The molecule has 1 aliphatic rings. The van der Waals surface area contributed by atoms with E-state index >= 15 is 0 Å². The van der Waals surface area contributed by atoms with Gasteiger partial charge in [-0.25, -0.2) is 4.79 Å². The van der Waals surface area contributed by atoms with Gasteiger partial charge in [0.15, 0.2) is 0 Å². The van der Waals surface area contributed by atoms with Crippen molar-refractivity contribution in [1.82, 2.24) is 0 Å². The van der Waals surface area contributed by atoms with Gasteiger partial charge in [0.05, 0.1) is 0 Å². The lowest BCUT2D eigenvalue weighted by molar-refractivity contribution is -0.119. The van der Waals surface area contributed by atoms with Gasteiger partial charge in [0.25, 0.3) is 0 Å². The van der Waals surface area contributed by atoms with Gasteiger partial charge in [-0.15, -0.1) is 0 Å². The van der Waals surface area contributed by atoms with Crippen LogP contribution in [0.1, 0.15) is 47.7 Å². The van der Waals surface area contributed by atoms with E-state index in [0.717, 1.165) is 17.5 Å². The Morgan fingerprint density at radius 2 is 1.96 bits per heavy atom. The van der Waals surface area contributed by atoms with E-state index in [9.17, 15) is 14.6 Å². The zero-order chi connectivity index (χ0) is 19.2. The lowest BCUT2D eigenvalue weighted by Crippen LogP contribution is -2.35. The van der Waals surface area contributed by atoms with Gasteiger partial charge in [0.1, 0.15) is 23.7 Å². The Labute approximate surface area is 159 Å². The normalized spacial score (nSPS) is 15.6. The first kappa shape index (κ1) is 19.2. The van der Waals surface area contributed by atoms with Crippen LogP contribution >= 0.6 is 0 Å². The number of ether oxygens (including phenoxy) is 1. The Balaban J connectivity index is 1.71. The summed E-state index contributed by atoms with van der Waals surface area (Å²) in [6.07, 6.45) is 2.06. The maximum atomic E-state index is 12.5. The second kappa shape index (κ2) is 8.86. The highest BCUT2D eigenvalue weighted by Gasteiger charge is 2.37. The summed E-state index contributed by atoms with van der Waals surface area (Å²) in [5.74, 6) is -0.329. The predicted molar refractivity (Wildman–Crippen MR) is 103 cm³/mol. The highest BCUT2D eigenvalue weighted by Crippen LogP contribution is 2.36. The van der Waals surface area contributed by atoms with Gasteiger partial charge < -0.3 is 14.4 Å². The van der Waals surface area contributed by atoms with Crippen LogP contribution in [0.25, 0.3) is 0 Å². The molecule has 0 unspecified atom stereocenters. The lowest BCUT2D eigenvalue weighted by Gasteiger charge is -2.28. The van der Waals surface area contributed by atoms with E-state index in [2.05, 4.69) is 0 Å². The minimum Gasteiger partial charge on any atom is -0.535 e. The third kappa shape index (κ3) is 4.77. The molecule has 0 saturated carbocycles. The van der Waals surface area contributed by atoms with Gasteiger partial charge in [0.2, 0.25) is 0 Å². The highest BCUT2D eigenvalue weighted by molar-refractivity contribution is 6.47. The number of hydrogen-bond donors (Lipinski definition) is 1. The van der Waals surface area contributed by atoms with Crippen LogP contribution in [0.5, 0.6) is 5.75 Å². The monoisotopic (exact) mass is 366 g/mol. The summed E-state index contributed by atoms with van der Waals surface area (Å²) in [4.78, 5) is 24.4. The number of esters is 1. The van der Waals surface area contributed by atoms with Gasteiger partial charge in [-0.2, -0.15) is 0 Å². The van der Waals surface area contributed by atoms with Crippen molar-refractivity contribution in [3.63, 3.8) is 0 Å². The van der Waals surface area contributed by atoms with Crippen molar-refractivity contribution in [1.29, 1.82) is 0 Å². The quantitative estimate of drug-likeness (QED) is 0.599. The molecule has 1 heterocycles. The number of rotatable bonds is 7. The molecule has 0 saturated heterocycles. The zero-order valence-corrected chi connectivity index (χ0v) is 15.4. The van der Waals surface area contributed by atoms with Gasteiger partial charge in [-0.3, -0.25) is 4.79 Å². The van der Waals surface area contributed by atoms with Crippen LogP contribution in [-0.4, -0.2) is 23.9 Å². The zero-order valence-electron chi connectivity index (χ0n) is 15.4. The van der Waals surface area contributed by atoms with Crippen LogP contribution in [0.4, 0.5) is 0 Å². The molecular weight excluding hydrogens is 343 g/mol. The van der Waals surface area contributed by atoms with Crippen molar-refractivity contribution in [2.75, 3.05) is 0 Å². The lowest BCUT2D eigenvalue weighted by atomic mass is 9.64. The molecule has 6 heteroatoms. The van der Waals surface area contributed by atoms with Crippen LogP contribution in [0.2, 0.25) is 5.82 Å². The molecule has 2 aromatic carbocycles. The fraction of sp³-hybridized carbons (Fsp3) is 0.333. The van der Waals surface area contributed by atoms with Crippen molar-refractivity contribution in [3.05, 3.63) is 65.2 Å². The topological polar surface area (TPSA) is 72.8 Å². The Morgan fingerprint density at radius 3 is 2.70 bits per heavy atom. The third-order valence-electron chi connectivity index (χ3n) is 4.67. The molecule has 0 bridgehead atoms. The van der Waals surface area contributed by atoms with Crippen molar-refractivity contribution in [2.45, 2.75) is 45.0 Å². The first-order chi connectivity index (χ1) is 13.1. The molecule has 140 valence electrons. The number of benzene rings is 2. The van der Waals surface area contributed by atoms with Crippen molar-refractivity contribution < 1.29 is 24.0 Å². The van der Waals surface area contributed by atoms with E-state index in [-0.39, 0.29) is 24.6 Å². The fourth-order valence-electron chi connectivity index (χ4n) is 3.29. The molecule has 1 aliphatic heterocycles. The van der Waals surface area contributed by atoms with E-state index in [1.807, 2.05) is 43.3 Å². The molecule has 1 atom stereocenters. The second-order valence-corrected chi connectivity index (χ2v) is 6.82. The van der Waals surface area contributed by atoms with Gasteiger partial charge in [0, 0.05) is 18.7 Å². The summed E-state index contributed by atoms with van der Waals surface area (Å²) >= 11 is 0. The van der Waals surface area contributed by atoms with E-state index in [0.29, 0.717) is 24.2 Å². The molecular formula is C21H23BO5. The van der Waals surface area contributed by atoms with Crippen LogP contribution in [0, 0.1) is 0 Å². The van der Waals surface area contributed by atoms with E-state index in [4.69, 9.17) is 9.39 Å². The third-order valence-corrected chi connectivity index (χ3v) is 4.67. The maximum absolute atomic E-state index is 12.5. The fourth-order valence-corrected chi connectivity index (χ4v) is 3.29. The average molecular weight is 366 g/mol. The molecule has 3 rings (SSSR count). The first-order valence-electron chi connectivity index (χ1n) is 9.27. The Morgan fingerprint density at radius 1 is 1.19 bits per heavy atom. The van der Waals surface area contributed by atoms with Crippen LogP contribution in [0.3, 0.4) is 0 Å². The largest absolute Gasteiger partial charge is 0.535 e. The molecule has 5 nitrogen and oxygen atoms in total. The number of Topliss-reactive ketones (excluding diaryl/α,β-unsaturated/α-hetero) is 1. The molecule has 0 radical (unpaired) electrons. The molecule has 2 aromatic rings. The smallest absolute Gasteiger partial charge is 0.526 e. The van der Waals surface area contributed by atoms with E-state index in [1.54, 1.807) is 12.1 Å². The maximum Gasteiger partial charge on any atom is 0.526 e. The van der Waals surface area contributed by atoms with Crippen molar-refractivity contribution in [3.8, 4) is 5.75 Å². The summed E-state index contributed by atoms with van der Waals surface area (Å²) < 4.78 is 11.0. The van der Waals surface area contributed by atoms with E-state index in [1.165, 1.54) is 0 Å². The first-order valence-corrected chi connectivity index (χ1v) is 9.27. The number of ketones is 1. The molecule has 27 heavy (non-hydrogen) atoms. The number of hydrogen-bond acceptors (Lipinski definition) is 5. The number of fused-ring (bicyclic) bond motifs is 1. The molecule has 1 N–H and O–H groups in total. The minimum absolute atomic E-state index is 0.118. The van der Waals surface area contributed by atoms with Gasteiger partial charge in [-0.05, 0) is 30.0 Å². The molecule has 0 aromatic heterocycles. The average Bonchev–Trinajstić information content (AvgIpc) is 2.67. The Kier molecular flexibility index (Phi) is 6.30. The van der Waals surface area contributed by atoms with E-state index < -0.39 is 13.1 Å². The number of carbonyl (C=O) groups is 2. The highest BCUT2D eigenvalue weighted by atomic mass is 16.5. The Bertz CT molecular complexity index is 805. The number of carbonyl (C=O) groups excluding carboxylic acids is 2. The van der Waals surface area contributed by atoms with Gasteiger partial charge in [-0.1, -0.05) is 49.4 Å². The predicted octanol–water partition coefficient (Wildman–Crippen LogP) is 3.59. The van der Waals surface area contributed by atoms with Crippen LogP contribution in [-0.2, 0) is 22.6 Å². The Hall–Kier alpha value is -2.60. The molecule has 0 aliphatic carbocycles. The number of para-hydroxylation sites is 1. The second-order valence-electron chi connectivity index (χ2n) is 6.82. The van der Waals surface area contributed by atoms with Crippen molar-refractivity contribution >= 4 is 18.9 Å². The summed E-state index contributed by atoms with van der Waals surface area (Å²) in [6.45, 7) is 2.12. The SMILES string of the molecule is CCCC(=O)C[C@H]1Cc2cccc(C(=O)OCc3ccccc3)c2OB1O. The van der Waals surface area contributed by atoms with Crippen LogP contribution < -0.4 is 4.65 Å². The molecule has 0 spiro atoms. The standard InChI is InChI=1S/C21H23BO5/c1-2-7-18(23)13-17-12-16-10-6-11-19(20(16)27-22(17)25)21(24)26-14-15-8-4-3-5-9-15/h3-6,8-11,17,25H,2,7,12-14H2,1H3/t17-/m1/s1. The van der Waals surface area contributed by atoms with Crippen LogP contribution in [0.15, 0.2) is 48.5 Å². The molecule has 0 fully saturated rings. The summed E-state index contributed by atoms with van der Waals surface area (Å²) in [6, 6.07) is 14.7. The molecule has 0 amide bonds. The summed E-state index contributed by atoms with van der Waals surface area (Å²) in [5.41, 5.74) is 2.00. The summed E-state index contributed by atoms with van der Waals surface area (Å²) in [7, 11) is -1.11. The minimum atomic E-state index is -1.11. The van der Waals surface area contributed by atoms with Crippen molar-refractivity contribution in [2.24, 2.45) is 0 Å². The van der Waals surface area contributed by atoms with Gasteiger partial charge >= 0.3 is 13.1 Å².